The number of aryl methyl sites for hydroxylation is 1. The van der Waals surface area contributed by atoms with E-state index >= 15 is 0 Å². The number of methoxy groups -OCH3 is 1. The molecular formula is C16H26ClIN6OS. The van der Waals surface area contributed by atoms with Crippen LogP contribution in [0.25, 0.3) is 0 Å². The molecule has 2 rings (SSSR count). The minimum absolute atomic E-state index is 0. The van der Waals surface area contributed by atoms with Crippen molar-refractivity contribution in [2.75, 3.05) is 33.9 Å². The Morgan fingerprint density at radius 1 is 1.46 bits per heavy atom. The largest absolute Gasteiger partial charge is 0.383 e. The van der Waals surface area contributed by atoms with Crippen LogP contribution >= 0.6 is 46.9 Å². The van der Waals surface area contributed by atoms with Gasteiger partial charge in [0.05, 0.1) is 24.0 Å². The molecule has 2 heterocycles. The SMILES string of the molecule is CCc1nncn1CCNC(=NCCOC)N(C)Cc1ccc(Cl)s1.I. The highest BCUT2D eigenvalue weighted by molar-refractivity contribution is 14.0. The average molecular weight is 513 g/mol. The molecule has 10 heteroatoms. The van der Waals surface area contributed by atoms with E-state index in [-0.39, 0.29) is 24.0 Å². The molecule has 0 saturated heterocycles. The van der Waals surface area contributed by atoms with Crippen LogP contribution in [0.1, 0.15) is 17.6 Å². The number of aromatic nitrogens is 3. The second kappa shape index (κ2) is 12.5. The molecule has 1 N–H and O–H groups in total. The third-order valence-electron chi connectivity index (χ3n) is 3.59. The van der Waals surface area contributed by atoms with Gasteiger partial charge in [0.15, 0.2) is 5.96 Å². The summed E-state index contributed by atoms with van der Waals surface area (Å²) in [5.41, 5.74) is 0. The summed E-state index contributed by atoms with van der Waals surface area (Å²) in [4.78, 5) is 7.90. The zero-order valence-corrected chi connectivity index (χ0v) is 19.2. The van der Waals surface area contributed by atoms with Crippen LogP contribution in [0, 0.1) is 0 Å². The molecule has 0 amide bonds. The Labute approximate surface area is 180 Å². The van der Waals surface area contributed by atoms with E-state index in [0.29, 0.717) is 13.2 Å². The summed E-state index contributed by atoms with van der Waals surface area (Å²) < 4.78 is 7.95. The Morgan fingerprint density at radius 3 is 2.92 bits per heavy atom. The van der Waals surface area contributed by atoms with Gasteiger partial charge in [-0.25, -0.2) is 0 Å². The number of halogens is 2. The van der Waals surface area contributed by atoms with E-state index in [1.54, 1.807) is 24.8 Å². The topological polar surface area (TPSA) is 67.6 Å². The summed E-state index contributed by atoms with van der Waals surface area (Å²) in [6, 6.07) is 3.96. The fourth-order valence-electron chi connectivity index (χ4n) is 2.33. The van der Waals surface area contributed by atoms with Crippen molar-refractivity contribution in [3.63, 3.8) is 0 Å². The fourth-order valence-corrected chi connectivity index (χ4v) is 3.47. The van der Waals surface area contributed by atoms with Crippen LogP contribution < -0.4 is 5.32 Å². The molecule has 0 bridgehead atoms. The molecule has 146 valence electrons. The van der Waals surface area contributed by atoms with Gasteiger partial charge in [0.1, 0.15) is 12.2 Å². The van der Waals surface area contributed by atoms with E-state index in [4.69, 9.17) is 16.3 Å². The molecule has 0 spiro atoms. The van der Waals surface area contributed by atoms with Crippen LogP contribution in [0.2, 0.25) is 4.34 Å². The van der Waals surface area contributed by atoms with Crippen LogP contribution in [0.4, 0.5) is 0 Å². The van der Waals surface area contributed by atoms with E-state index in [9.17, 15) is 0 Å². The predicted molar refractivity (Wildman–Crippen MR) is 118 cm³/mol. The first-order valence-electron chi connectivity index (χ1n) is 8.23. The molecule has 0 aliphatic rings. The van der Waals surface area contributed by atoms with Gasteiger partial charge in [-0.1, -0.05) is 18.5 Å². The van der Waals surface area contributed by atoms with Crippen LogP contribution in [-0.2, 0) is 24.2 Å². The molecule has 2 aromatic rings. The number of rotatable bonds is 9. The number of nitrogens with one attached hydrogen (secondary N) is 1. The summed E-state index contributed by atoms with van der Waals surface area (Å²) in [6.07, 6.45) is 2.63. The van der Waals surface area contributed by atoms with Crippen LogP contribution in [0.5, 0.6) is 0 Å². The Bertz CT molecular complexity index is 677. The monoisotopic (exact) mass is 512 g/mol. The number of guanidine groups is 1. The Kier molecular flexibility index (Phi) is 11.1. The van der Waals surface area contributed by atoms with Gasteiger partial charge in [-0.3, -0.25) is 4.99 Å². The van der Waals surface area contributed by atoms with Crippen molar-refractivity contribution in [1.82, 2.24) is 25.0 Å². The molecule has 26 heavy (non-hydrogen) atoms. The lowest BCUT2D eigenvalue weighted by molar-refractivity contribution is 0.207. The Hall–Kier alpha value is -0.910. The second-order valence-electron chi connectivity index (χ2n) is 5.48. The van der Waals surface area contributed by atoms with E-state index in [2.05, 4.69) is 36.9 Å². The summed E-state index contributed by atoms with van der Waals surface area (Å²) in [5.74, 6) is 1.83. The average Bonchev–Trinajstić information content (AvgIpc) is 3.22. The standard InChI is InChI=1S/C16H25ClN6OS.HI/c1-4-15-21-20-12-23(15)9-7-18-16(19-8-10-24-3)22(2)11-13-5-6-14(17)25-13;/h5-6,12H,4,7-11H2,1-3H3,(H,18,19);1H. The quantitative estimate of drug-likeness (QED) is 0.242. The van der Waals surface area contributed by atoms with Crippen LogP contribution in [0.3, 0.4) is 0 Å². The van der Waals surface area contributed by atoms with E-state index in [0.717, 1.165) is 42.2 Å². The molecule has 0 saturated carbocycles. The van der Waals surface area contributed by atoms with Gasteiger partial charge < -0.3 is 19.5 Å². The third-order valence-corrected chi connectivity index (χ3v) is 4.80. The summed E-state index contributed by atoms with van der Waals surface area (Å²) >= 11 is 7.60. The zero-order valence-electron chi connectivity index (χ0n) is 15.3. The first kappa shape index (κ1) is 23.1. The van der Waals surface area contributed by atoms with Crippen LogP contribution in [0.15, 0.2) is 23.5 Å². The molecular weight excluding hydrogens is 487 g/mol. The van der Waals surface area contributed by atoms with E-state index in [1.165, 1.54) is 4.88 Å². The lowest BCUT2D eigenvalue weighted by atomic mass is 10.4. The Balaban J connectivity index is 0.00000338. The second-order valence-corrected chi connectivity index (χ2v) is 7.28. The van der Waals surface area contributed by atoms with Crippen molar-refractivity contribution >= 4 is 52.9 Å². The molecule has 0 fully saturated rings. The predicted octanol–water partition coefficient (Wildman–Crippen LogP) is 2.90. The number of nitrogens with zero attached hydrogens (tertiary/aromatic N) is 5. The van der Waals surface area contributed by atoms with Gasteiger partial charge in [-0.05, 0) is 12.1 Å². The van der Waals surface area contributed by atoms with Gasteiger partial charge in [0.2, 0.25) is 0 Å². The van der Waals surface area contributed by atoms with E-state index in [1.807, 2.05) is 19.2 Å². The highest BCUT2D eigenvalue weighted by Crippen LogP contribution is 2.22. The number of aliphatic imine (C=N–C) groups is 1. The van der Waals surface area contributed by atoms with Gasteiger partial charge in [-0.15, -0.1) is 45.5 Å². The van der Waals surface area contributed by atoms with Crippen molar-refractivity contribution in [3.05, 3.63) is 33.5 Å². The van der Waals surface area contributed by atoms with Crippen molar-refractivity contribution in [2.24, 2.45) is 4.99 Å². The molecule has 0 aliphatic carbocycles. The number of hydrogen-bond acceptors (Lipinski definition) is 5. The highest BCUT2D eigenvalue weighted by Gasteiger charge is 2.09. The maximum absolute atomic E-state index is 6.02. The fraction of sp³-hybridized carbons (Fsp3) is 0.562. The highest BCUT2D eigenvalue weighted by atomic mass is 127. The van der Waals surface area contributed by atoms with Gasteiger partial charge in [-0.2, -0.15) is 0 Å². The molecule has 0 aromatic carbocycles. The maximum atomic E-state index is 6.02. The van der Waals surface area contributed by atoms with Crippen LogP contribution in [-0.4, -0.2) is 59.5 Å². The molecule has 0 atom stereocenters. The minimum atomic E-state index is 0. The molecule has 0 radical (unpaired) electrons. The number of thiophene rings is 1. The first-order valence-corrected chi connectivity index (χ1v) is 9.42. The lowest BCUT2D eigenvalue weighted by Crippen LogP contribution is -2.40. The zero-order chi connectivity index (χ0) is 18.1. The molecule has 0 unspecified atom stereocenters. The summed E-state index contributed by atoms with van der Waals surface area (Å²) in [5, 5.41) is 11.5. The van der Waals surface area contributed by atoms with Crippen molar-refractivity contribution in [1.29, 1.82) is 0 Å². The first-order chi connectivity index (χ1) is 12.1. The molecule has 0 aliphatic heterocycles. The smallest absolute Gasteiger partial charge is 0.194 e. The third kappa shape index (κ3) is 7.37. The molecule has 2 aromatic heterocycles. The van der Waals surface area contributed by atoms with E-state index < -0.39 is 0 Å². The van der Waals surface area contributed by atoms with Crippen molar-refractivity contribution < 1.29 is 4.74 Å². The normalized spacial score (nSPS) is 11.3. The van der Waals surface area contributed by atoms with Crippen molar-refractivity contribution in [3.8, 4) is 0 Å². The lowest BCUT2D eigenvalue weighted by Gasteiger charge is -2.22. The summed E-state index contributed by atoms with van der Waals surface area (Å²) in [7, 11) is 3.70. The Morgan fingerprint density at radius 2 is 2.27 bits per heavy atom. The number of ether oxygens (including phenoxy) is 1. The number of hydrogen-bond donors (Lipinski definition) is 1. The maximum Gasteiger partial charge on any atom is 0.194 e. The summed E-state index contributed by atoms with van der Waals surface area (Å²) in [6.45, 7) is 5.57. The van der Waals surface area contributed by atoms with Gasteiger partial charge >= 0.3 is 0 Å². The molecule has 7 nitrogen and oxygen atoms in total. The van der Waals surface area contributed by atoms with Crippen molar-refractivity contribution in [2.45, 2.75) is 26.4 Å². The van der Waals surface area contributed by atoms with Gasteiger partial charge in [0, 0.05) is 38.5 Å². The minimum Gasteiger partial charge on any atom is -0.383 e. The van der Waals surface area contributed by atoms with Gasteiger partial charge in [0.25, 0.3) is 0 Å².